The zero-order chi connectivity index (χ0) is 12.8. The number of hydrogen-bond donors (Lipinski definition) is 1. The van der Waals surface area contributed by atoms with Crippen LogP contribution in [0.1, 0.15) is 18.5 Å². The molecule has 0 aliphatic rings. The van der Waals surface area contributed by atoms with Gasteiger partial charge in [-0.15, -0.1) is 0 Å². The molecule has 0 bridgehead atoms. The molecule has 2 unspecified atom stereocenters. The Morgan fingerprint density at radius 2 is 2.06 bits per heavy atom. The Bertz CT molecular complexity index is 420. The molecule has 0 amide bonds. The van der Waals surface area contributed by atoms with Crippen LogP contribution in [0.4, 0.5) is 0 Å². The summed E-state index contributed by atoms with van der Waals surface area (Å²) in [5, 5.41) is 21.7. The van der Waals surface area contributed by atoms with Crippen molar-refractivity contribution in [1.29, 1.82) is 10.5 Å². The van der Waals surface area contributed by atoms with Crippen molar-refractivity contribution in [2.24, 2.45) is 12.8 Å². The molecule has 0 fully saturated rings. The molecule has 0 spiro atoms. The van der Waals surface area contributed by atoms with Crippen molar-refractivity contribution >= 4 is 0 Å². The van der Waals surface area contributed by atoms with Crippen molar-refractivity contribution in [3.8, 4) is 12.1 Å². The molecule has 6 nitrogen and oxygen atoms in total. The summed E-state index contributed by atoms with van der Waals surface area (Å²) in [7, 11) is 1.82. The van der Waals surface area contributed by atoms with Crippen LogP contribution >= 0.6 is 0 Å². The Morgan fingerprint density at radius 3 is 2.41 bits per heavy atom. The zero-order valence-electron chi connectivity index (χ0n) is 10.0. The van der Waals surface area contributed by atoms with E-state index in [1.807, 2.05) is 20.2 Å². The lowest BCUT2D eigenvalue weighted by Gasteiger charge is -2.29. The van der Waals surface area contributed by atoms with E-state index in [4.69, 9.17) is 16.3 Å². The maximum absolute atomic E-state index is 8.78. The molecule has 0 aliphatic heterocycles. The largest absolute Gasteiger partial charge is 0.326 e. The Hall–Kier alpha value is -1.89. The molecule has 1 aromatic heterocycles. The third-order valence-electron chi connectivity index (χ3n) is 2.51. The van der Waals surface area contributed by atoms with E-state index >= 15 is 0 Å². The average molecular weight is 232 g/mol. The summed E-state index contributed by atoms with van der Waals surface area (Å²) in [6, 6.07) is 3.77. The summed E-state index contributed by atoms with van der Waals surface area (Å²) < 4.78 is 1.68. The first kappa shape index (κ1) is 13.2. The Kier molecular flexibility index (Phi) is 4.65. The summed E-state index contributed by atoms with van der Waals surface area (Å²) in [6.07, 6.45) is 3.57. The van der Waals surface area contributed by atoms with Crippen molar-refractivity contribution in [2.75, 3.05) is 13.1 Å². The van der Waals surface area contributed by atoms with E-state index in [-0.39, 0.29) is 25.2 Å². The monoisotopic (exact) mass is 232 g/mol. The summed E-state index contributed by atoms with van der Waals surface area (Å²) in [6.45, 7) is 2.21. The van der Waals surface area contributed by atoms with Gasteiger partial charge in [-0.25, -0.2) is 0 Å². The van der Waals surface area contributed by atoms with Crippen LogP contribution in [0.2, 0.25) is 0 Å². The van der Waals surface area contributed by atoms with Crippen molar-refractivity contribution < 1.29 is 0 Å². The standard InChI is InChI=1S/C11H16N6/c1-9(14)11(10-7-15-16(2)8-10)17(5-3-12)6-4-13/h7-9,11H,5-6,14H2,1-2H3. The molecule has 1 heterocycles. The van der Waals surface area contributed by atoms with Crippen LogP contribution in [0, 0.1) is 22.7 Å². The molecule has 6 heteroatoms. The molecule has 0 saturated carbocycles. The lowest BCUT2D eigenvalue weighted by atomic mass is 10.0. The van der Waals surface area contributed by atoms with E-state index in [1.54, 1.807) is 15.8 Å². The summed E-state index contributed by atoms with van der Waals surface area (Å²) in [5.74, 6) is 0. The second kappa shape index (κ2) is 6.00. The predicted molar refractivity (Wildman–Crippen MR) is 62.4 cm³/mol. The quantitative estimate of drug-likeness (QED) is 0.729. The first-order valence-corrected chi connectivity index (χ1v) is 5.32. The first-order chi connectivity index (χ1) is 8.10. The van der Waals surface area contributed by atoms with E-state index < -0.39 is 0 Å². The number of nitrogens with two attached hydrogens (primary N) is 1. The highest BCUT2D eigenvalue weighted by atomic mass is 15.3. The van der Waals surface area contributed by atoms with Gasteiger partial charge in [-0.3, -0.25) is 9.58 Å². The summed E-state index contributed by atoms with van der Waals surface area (Å²) in [4.78, 5) is 1.75. The molecule has 90 valence electrons. The third-order valence-corrected chi connectivity index (χ3v) is 2.51. The van der Waals surface area contributed by atoms with E-state index in [1.165, 1.54) is 0 Å². The van der Waals surface area contributed by atoms with E-state index in [0.29, 0.717) is 0 Å². The smallest absolute Gasteiger partial charge is 0.0879 e. The molecule has 0 saturated heterocycles. The Labute approximate surface area is 101 Å². The second-order valence-electron chi connectivity index (χ2n) is 3.97. The molecule has 2 atom stereocenters. The molecule has 17 heavy (non-hydrogen) atoms. The minimum absolute atomic E-state index is 0.164. The van der Waals surface area contributed by atoms with Crippen LogP contribution in [0.25, 0.3) is 0 Å². The van der Waals surface area contributed by atoms with Gasteiger partial charge in [-0.1, -0.05) is 0 Å². The Morgan fingerprint density at radius 1 is 1.47 bits per heavy atom. The number of aromatic nitrogens is 2. The minimum Gasteiger partial charge on any atom is -0.326 e. The highest BCUT2D eigenvalue weighted by molar-refractivity contribution is 5.14. The maximum atomic E-state index is 8.78. The van der Waals surface area contributed by atoms with Gasteiger partial charge in [0.05, 0.1) is 37.5 Å². The van der Waals surface area contributed by atoms with Crippen molar-refractivity contribution in [3.63, 3.8) is 0 Å². The molecule has 1 aromatic rings. The molecule has 0 aromatic carbocycles. The highest BCUT2D eigenvalue weighted by Gasteiger charge is 2.24. The van der Waals surface area contributed by atoms with Gasteiger partial charge in [0.15, 0.2) is 0 Å². The number of aryl methyl sites for hydroxylation is 1. The maximum Gasteiger partial charge on any atom is 0.0879 e. The van der Waals surface area contributed by atoms with Gasteiger partial charge >= 0.3 is 0 Å². The molecular formula is C11H16N6. The highest BCUT2D eigenvalue weighted by Crippen LogP contribution is 2.22. The van der Waals surface area contributed by atoms with E-state index in [0.717, 1.165) is 5.56 Å². The van der Waals surface area contributed by atoms with Gasteiger partial charge < -0.3 is 5.73 Å². The molecule has 2 N–H and O–H groups in total. The number of rotatable bonds is 5. The van der Waals surface area contributed by atoms with E-state index in [2.05, 4.69) is 17.2 Å². The first-order valence-electron chi connectivity index (χ1n) is 5.32. The Balaban J connectivity index is 2.99. The van der Waals surface area contributed by atoms with Gasteiger partial charge in [0.1, 0.15) is 0 Å². The van der Waals surface area contributed by atoms with Crippen LogP contribution in [0.3, 0.4) is 0 Å². The van der Waals surface area contributed by atoms with Gasteiger partial charge in [-0.05, 0) is 6.92 Å². The molecule has 0 radical (unpaired) electrons. The fourth-order valence-corrected chi connectivity index (χ4v) is 1.87. The van der Waals surface area contributed by atoms with Crippen LogP contribution < -0.4 is 5.73 Å². The summed E-state index contributed by atoms with van der Waals surface area (Å²) in [5.41, 5.74) is 6.87. The SMILES string of the molecule is CC(N)C(c1cnn(C)c1)N(CC#N)CC#N. The molecule has 0 aliphatic carbocycles. The lowest BCUT2D eigenvalue weighted by molar-refractivity contribution is 0.221. The lowest BCUT2D eigenvalue weighted by Crippen LogP contribution is -2.39. The van der Waals surface area contributed by atoms with Crippen LogP contribution in [-0.4, -0.2) is 33.8 Å². The van der Waals surface area contributed by atoms with Crippen LogP contribution in [-0.2, 0) is 7.05 Å². The minimum atomic E-state index is -0.180. The fraction of sp³-hybridized carbons (Fsp3) is 0.545. The number of nitrogens with zero attached hydrogens (tertiary/aromatic N) is 5. The van der Waals surface area contributed by atoms with Crippen molar-refractivity contribution in [3.05, 3.63) is 18.0 Å². The fourth-order valence-electron chi connectivity index (χ4n) is 1.87. The third kappa shape index (κ3) is 3.28. The van der Waals surface area contributed by atoms with Gasteiger partial charge in [0.2, 0.25) is 0 Å². The van der Waals surface area contributed by atoms with Crippen LogP contribution in [0.5, 0.6) is 0 Å². The molecule has 1 rings (SSSR count). The second-order valence-corrected chi connectivity index (χ2v) is 3.97. The van der Waals surface area contributed by atoms with E-state index in [9.17, 15) is 0 Å². The number of hydrogen-bond acceptors (Lipinski definition) is 5. The van der Waals surface area contributed by atoms with Gasteiger partial charge in [-0.2, -0.15) is 15.6 Å². The van der Waals surface area contributed by atoms with Crippen molar-refractivity contribution in [1.82, 2.24) is 14.7 Å². The summed E-state index contributed by atoms with van der Waals surface area (Å²) >= 11 is 0. The number of nitriles is 2. The van der Waals surface area contributed by atoms with Crippen LogP contribution in [0.15, 0.2) is 12.4 Å². The van der Waals surface area contributed by atoms with Gasteiger partial charge in [0, 0.05) is 24.8 Å². The predicted octanol–water partition coefficient (Wildman–Crippen LogP) is 0.158. The zero-order valence-corrected chi connectivity index (χ0v) is 10.0. The topological polar surface area (TPSA) is 94.7 Å². The molecular weight excluding hydrogens is 216 g/mol. The van der Waals surface area contributed by atoms with Crippen molar-refractivity contribution in [2.45, 2.75) is 19.0 Å². The normalized spacial score (nSPS) is 14.0. The van der Waals surface area contributed by atoms with Gasteiger partial charge in [0.25, 0.3) is 0 Å². The average Bonchev–Trinajstić information content (AvgIpc) is 2.65.